The molecular weight excluding hydrogens is 315 g/mol. The molecular formula is C14H22ClFN2O2S. The summed E-state index contributed by atoms with van der Waals surface area (Å²) < 4.78 is 40.1. The van der Waals surface area contributed by atoms with Crippen LogP contribution in [0.1, 0.15) is 31.2 Å². The zero-order chi connectivity index (χ0) is 14.8. The van der Waals surface area contributed by atoms with Gasteiger partial charge in [0.1, 0.15) is 5.82 Å². The van der Waals surface area contributed by atoms with E-state index in [0.717, 1.165) is 31.7 Å². The molecule has 1 aliphatic carbocycles. The molecule has 0 heterocycles. The Morgan fingerprint density at radius 1 is 1.38 bits per heavy atom. The Kier molecular flexibility index (Phi) is 6.59. The number of hydrogen-bond donors (Lipinski definition) is 2. The van der Waals surface area contributed by atoms with Gasteiger partial charge in [-0.25, -0.2) is 17.5 Å². The largest absolute Gasteiger partial charge is 0.328 e. The number of sulfonamides is 1. The third-order valence-electron chi connectivity index (χ3n) is 3.81. The second-order valence-corrected chi connectivity index (χ2v) is 7.29. The second-order valence-electron chi connectivity index (χ2n) is 5.55. The normalized spacial score (nSPS) is 22.6. The molecule has 2 unspecified atom stereocenters. The Labute approximate surface area is 131 Å². The molecule has 1 fully saturated rings. The minimum Gasteiger partial charge on any atom is -0.328 e. The Balaban J connectivity index is 0.00000220. The van der Waals surface area contributed by atoms with E-state index in [1.165, 1.54) is 12.1 Å². The van der Waals surface area contributed by atoms with E-state index in [9.17, 15) is 12.8 Å². The average Bonchev–Trinajstić information content (AvgIpc) is 2.36. The van der Waals surface area contributed by atoms with Crippen molar-refractivity contribution < 1.29 is 12.8 Å². The second kappa shape index (κ2) is 7.54. The highest BCUT2D eigenvalue weighted by atomic mass is 35.5. The lowest BCUT2D eigenvalue weighted by Crippen LogP contribution is -2.35. The molecule has 2 atom stereocenters. The molecule has 120 valence electrons. The van der Waals surface area contributed by atoms with Crippen LogP contribution in [0.2, 0.25) is 0 Å². The fourth-order valence-corrected chi connectivity index (χ4v) is 4.08. The lowest BCUT2D eigenvalue weighted by Gasteiger charge is -2.26. The quantitative estimate of drug-likeness (QED) is 0.886. The predicted octanol–water partition coefficient (Wildman–Crippen LogP) is 2.35. The van der Waals surface area contributed by atoms with E-state index < -0.39 is 15.8 Å². The van der Waals surface area contributed by atoms with E-state index in [-0.39, 0.29) is 29.3 Å². The number of nitrogens with two attached hydrogens (primary N) is 1. The number of rotatable bonds is 4. The van der Waals surface area contributed by atoms with Crippen molar-refractivity contribution in [2.24, 2.45) is 11.7 Å². The number of hydrogen-bond acceptors (Lipinski definition) is 3. The van der Waals surface area contributed by atoms with E-state index in [1.54, 1.807) is 6.92 Å². The van der Waals surface area contributed by atoms with Crippen LogP contribution in [0.4, 0.5) is 4.39 Å². The third-order valence-corrected chi connectivity index (χ3v) is 5.40. The first-order valence-corrected chi connectivity index (χ1v) is 8.38. The standard InChI is InChI=1S/C14H21FN2O2S.ClH/c1-10-7-12(15)5-6-14(10)20(18,19)17-9-11-3-2-4-13(16)8-11;/h5-7,11,13,17H,2-4,8-9,16H2,1H3;1H. The van der Waals surface area contributed by atoms with Crippen LogP contribution in [0.5, 0.6) is 0 Å². The van der Waals surface area contributed by atoms with E-state index in [2.05, 4.69) is 4.72 Å². The van der Waals surface area contributed by atoms with Crippen LogP contribution >= 0.6 is 12.4 Å². The van der Waals surface area contributed by atoms with Gasteiger partial charge in [0.2, 0.25) is 10.0 Å². The fourth-order valence-electron chi connectivity index (χ4n) is 2.74. The summed E-state index contributed by atoms with van der Waals surface area (Å²) in [7, 11) is -3.58. The van der Waals surface area contributed by atoms with Gasteiger partial charge < -0.3 is 5.73 Å². The summed E-state index contributed by atoms with van der Waals surface area (Å²) in [4.78, 5) is 0.138. The zero-order valence-corrected chi connectivity index (χ0v) is 13.6. The van der Waals surface area contributed by atoms with Gasteiger partial charge in [-0.2, -0.15) is 0 Å². The molecule has 4 nitrogen and oxygen atoms in total. The predicted molar refractivity (Wildman–Crippen MR) is 83.5 cm³/mol. The van der Waals surface area contributed by atoms with Crippen LogP contribution in [-0.2, 0) is 10.0 Å². The van der Waals surface area contributed by atoms with Gasteiger partial charge in [-0.15, -0.1) is 12.4 Å². The fraction of sp³-hybridized carbons (Fsp3) is 0.571. The van der Waals surface area contributed by atoms with Crippen molar-refractivity contribution in [3.63, 3.8) is 0 Å². The summed E-state index contributed by atoms with van der Waals surface area (Å²) in [5.41, 5.74) is 6.31. The topological polar surface area (TPSA) is 72.2 Å². The first-order valence-electron chi connectivity index (χ1n) is 6.90. The molecule has 0 aliphatic heterocycles. The van der Waals surface area contributed by atoms with Crippen molar-refractivity contribution >= 4 is 22.4 Å². The molecule has 1 aliphatic rings. The smallest absolute Gasteiger partial charge is 0.240 e. The van der Waals surface area contributed by atoms with E-state index >= 15 is 0 Å². The van der Waals surface area contributed by atoms with Gasteiger partial charge in [-0.1, -0.05) is 6.42 Å². The maximum absolute atomic E-state index is 13.0. The molecule has 0 aromatic heterocycles. The third kappa shape index (κ3) is 4.92. The van der Waals surface area contributed by atoms with E-state index in [0.29, 0.717) is 12.1 Å². The molecule has 21 heavy (non-hydrogen) atoms. The first-order chi connectivity index (χ1) is 9.38. The van der Waals surface area contributed by atoms with Crippen molar-refractivity contribution in [3.8, 4) is 0 Å². The van der Waals surface area contributed by atoms with Crippen LogP contribution in [0.15, 0.2) is 23.1 Å². The summed E-state index contributed by atoms with van der Waals surface area (Å²) in [5, 5.41) is 0. The maximum Gasteiger partial charge on any atom is 0.240 e. The Bertz CT molecular complexity index is 580. The Hall–Kier alpha value is -0.690. The maximum atomic E-state index is 13.0. The van der Waals surface area contributed by atoms with Crippen molar-refractivity contribution in [1.29, 1.82) is 0 Å². The molecule has 7 heteroatoms. The van der Waals surface area contributed by atoms with Gasteiger partial charge in [0.25, 0.3) is 0 Å². The number of nitrogens with one attached hydrogen (secondary N) is 1. The van der Waals surface area contributed by atoms with Crippen molar-refractivity contribution in [3.05, 3.63) is 29.6 Å². The zero-order valence-electron chi connectivity index (χ0n) is 12.0. The molecule has 2 rings (SSSR count). The Morgan fingerprint density at radius 3 is 2.71 bits per heavy atom. The SMILES string of the molecule is Cc1cc(F)ccc1S(=O)(=O)NCC1CCCC(N)C1.Cl. The highest BCUT2D eigenvalue weighted by molar-refractivity contribution is 7.89. The molecule has 0 saturated heterocycles. The number of benzene rings is 1. The molecule has 3 N–H and O–H groups in total. The molecule has 0 spiro atoms. The van der Waals surface area contributed by atoms with Crippen LogP contribution in [0, 0.1) is 18.7 Å². The summed E-state index contributed by atoms with van der Waals surface area (Å²) in [5.74, 6) is -0.144. The van der Waals surface area contributed by atoms with Crippen molar-refractivity contribution in [2.75, 3.05) is 6.54 Å². The molecule has 0 radical (unpaired) electrons. The van der Waals surface area contributed by atoms with Crippen LogP contribution in [-0.4, -0.2) is 21.0 Å². The van der Waals surface area contributed by atoms with Gasteiger partial charge in [-0.05, 0) is 55.9 Å². The monoisotopic (exact) mass is 336 g/mol. The van der Waals surface area contributed by atoms with Crippen LogP contribution in [0.3, 0.4) is 0 Å². The lowest BCUT2D eigenvalue weighted by molar-refractivity contribution is 0.322. The molecule has 1 saturated carbocycles. The van der Waals surface area contributed by atoms with E-state index in [4.69, 9.17) is 5.73 Å². The van der Waals surface area contributed by atoms with Gasteiger partial charge in [-0.3, -0.25) is 0 Å². The lowest BCUT2D eigenvalue weighted by atomic mass is 9.86. The van der Waals surface area contributed by atoms with Crippen LogP contribution in [0.25, 0.3) is 0 Å². The van der Waals surface area contributed by atoms with Gasteiger partial charge >= 0.3 is 0 Å². The minimum absolute atomic E-state index is 0. The van der Waals surface area contributed by atoms with Gasteiger partial charge in [0.15, 0.2) is 0 Å². The summed E-state index contributed by atoms with van der Waals surface area (Å²) in [6.07, 6.45) is 3.91. The minimum atomic E-state index is -3.58. The molecule has 0 bridgehead atoms. The van der Waals surface area contributed by atoms with Crippen LogP contribution < -0.4 is 10.5 Å². The van der Waals surface area contributed by atoms with Crippen molar-refractivity contribution in [2.45, 2.75) is 43.5 Å². The Morgan fingerprint density at radius 2 is 2.10 bits per heavy atom. The van der Waals surface area contributed by atoms with Crippen molar-refractivity contribution in [1.82, 2.24) is 4.72 Å². The summed E-state index contributed by atoms with van der Waals surface area (Å²) >= 11 is 0. The summed E-state index contributed by atoms with van der Waals surface area (Å²) in [6, 6.07) is 3.87. The molecule has 0 amide bonds. The van der Waals surface area contributed by atoms with Gasteiger partial charge in [0, 0.05) is 12.6 Å². The summed E-state index contributed by atoms with van der Waals surface area (Å²) in [6.45, 7) is 1.99. The highest BCUT2D eigenvalue weighted by Crippen LogP contribution is 2.23. The number of halogens is 2. The van der Waals surface area contributed by atoms with Gasteiger partial charge in [0.05, 0.1) is 4.90 Å². The molecule has 1 aromatic carbocycles. The molecule has 1 aromatic rings. The number of aryl methyl sites for hydroxylation is 1. The van der Waals surface area contributed by atoms with E-state index in [1.807, 2.05) is 0 Å². The first kappa shape index (κ1) is 18.4. The highest BCUT2D eigenvalue weighted by Gasteiger charge is 2.23. The average molecular weight is 337 g/mol.